The molecule has 0 fully saturated rings. The maximum Gasteiger partial charge on any atom is 0.271 e. The van der Waals surface area contributed by atoms with Crippen molar-refractivity contribution in [2.75, 3.05) is 7.11 Å². The van der Waals surface area contributed by atoms with Crippen LogP contribution in [-0.4, -0.2) is 28.6 Å². The first-order chi connectivity index (χ1) is 15.9. The van der Waals surface area contributed by atoms with Gasteiger partial charge in [-0.15, -0.1) is 0 Å². The van der Waals surface area contributed by atoms with Crippen LogP contribution in [0.3, 0.4) is 0 Å². The number of methoxy groups -OCH3 is 1. The molecule has 0 bridgehead atoms. The summed E-state index contributed by atoms with van der Waals surface area (Å²) in [7, 11) is 3.35. The summed E-state index contributed by atoms with van der Waals surface area (Å²) in [5.41, 5.74) is 8.22. The van der Waals surface area contributed by atoms with Crippen molar-refractivity contribution in [2.24, 2.45) is 7.05 Å². The van der Waals surface area contributed by atoms with Crippen molar-refractivity contribution in [1.29, 1.82) is 0 Å². The Balaban J connectivity index is 1.43. The molecule has 0 aliphatic rings. The molecule has 0 atom stereocenters. The van der Waals surface area contributed by atoms with E-state index >= 15 is 0 Å². The number of carbonyl (C=O) groups excluding carboxylic acids is 2. The molecule has 2 N–H and O–H groups in total. The molecule has 0 radical (unpaired) electrons. The van der Waals surface area contributed by atoms with E-state index in [4.69, 9.17) is 14.0 Å². The van der Waals surface area contributed by atoms with Crippen molar-refractivity contribution in [1.82, 2.24) is 20.6 Å². The van der Waals surface area contributed by atoms with Gasteiger partial charge in [-0.05, 0) is 38.1 Å². The molecule has 0 saturated carbocycles. The Bertz CT molecular complexity index is 1320. The molecule has 2 amide bonds. The van der Waals surface area contributed by atoms with E-state index in [1.54, 1.807) is 24.4 Å². The van der Waals surface area contributed by atoms with E-state index in [0.717, 1.165) is 22.2 Å². The van der Waals surface area contributed by atoms with Gasteiger partial charge in [0.05, 0.1) is 23.9 Å². The van der Waals surface area contributed by atoms with Crippen LogP contribution in [0.1, 0.15) is 37.7 Å². The molecule has 2 aromatic carbocycles. The predicted octanol–water partition coefficient (Wildman–Crippen LogP) is 3.45. The zero-order chi connectivity index (χ0) is 23.5. The van der Waals surface area contributed by atoms with Gasteiger partial charge in [0.1, 0.15) is 12.4 Å². The molecule has 0 spiro atoms. The predicted molar refractivity (Wildman–Crippen MR) is 121 cm³/mol. The van der Waals surface area contributed by atoms with Crippen molar-refractivity contribution in [3.05, 3.63) is 76.8 Å². The maximum absolute atomic E-state index is 12.6. The van der Waals surface area contributed by atoms with E-state index in [-0.39, 0.29) is 6.61 Å². The number of aryl methyl sites for hydroxylation is 3. The first kappa shape index (κ1) is 21.9. The zero-order valence-electron chi connectivity index (χ0n) is 18.8. The van der Waals surface area contributed by atoms with Crippen molar-refractivity contribution in [2.45, 2.75) is 20.5 Å². The Labute approximate surface area is 190 Å². The van der Waals surface area contributed by atoms with E-state index in [1.807, 2.05) is 49.7 Å². The normalized spacial score (nSPS) is 10.8. The second kappa shape index (κ2) is 9.07. The van der Waals surface area contributed by atoms with Crippen LogP contribution >= 0.6 is 0 Å². The summed E-state index contributed by atoms with van der Waals surface area (Å²) in [5.74, 6) is 0.638. The molecule has 0 aliphatic carbocycles. The van der Waals surface area contributed by atoms with E-state index in [0.29, 0.717) is 28.4 Å². The van der Waals surface area contributed by atoms with E-state index < -0.39 is 11.8 Å². The van der Waals surface area contributed by atoms with Crippen molar-refractivity contribution in [3.8, 4) is 11.5 Å². The van der Waals surface area contributed by atoms with Crippen molar-refractivity contribution < 1.29 is 23.6 Å². The Kier molecular flexibility index (Phi) is 6.03. The van der Waals surface area contributed by atoms with Crippen LogP contribution in [0.4, 0.5) is 0 Å². The third kappa shape index (κ3) is 4.38. The minimum atomic E-state index is -0.487. The Morgan fingerprint density at radius 3 is 2.55 bits per heavy atom. The fourth-order valence-corrected chi connectivity index (χ4v) is 3.56. The third-order valence-electron chi connectivity index (χ3n) is 5.41. The lowest BCUT2D eigenvalue weighted by Gasteiger charge is -2.12. The van der Waals surface area contributed by atoms with Gasteiger partial charge in [-0.3, -0.25) is 20.4 Å². The SMILES string of the molecule is COc1cc(C(=O)NNC(=O)c2cn(C)c3ccccc23)ccc1OCc1c(C)noc1C. The molecule has 0 aliphatic heterocycles. The first-order valence-corrected chi connectivity index (χ1v) is 10.3. The highest BCUT2D eigenvalue weighted by atomic mass is 16.5. The number of hydrogen-bond donors (Lipinski definition) is 2. The minimum Gasteiger partial charge on any atom is -0.493 e. The highest BCUT2D eigenvalue weighted by molar-refractivity contribution is 6.08. The van der Waals surface area contributed by atoms with Crippen LogP contribution < -0.4 is 20.3 Å². The van der Waals surface area contributed by atoms with Gasteiger partial charge < -0.3 is 18.6 Å². The smallest absolute Gasteiger partial charge is 0.271 e. The largest absolute Gasteiger partial charge is 0.493 e. The average molecular weight is 448 g/mol. The molecule has 4 aromatic rings. The Morgan fingerprint density at radius 1 is 1.06 bits per heavy atom. The number of nitrogens with one attached hydrogen (secondary N) is 2. The van der Waals surface area contributed by atoms with E-state index in [9.17, 15) is 9.59 Å². The molecule has 4 rings (SSSR count). The molecular weight excluding hydrogens is 424 g/mol. The molecule has 33 heavy (non-hydrogen) atoms. The van der Waals surface area contributed by atoms with Crippen LogP contribution in [0.2, 0.25) is 0 Å². The van der Waals surface area contributed by atoms with E-state index in [2.05, 4.69) is 16.0 Å². The van der Waals surface area contributed by atoms with Gasteiger partial charge >= 0.3 is 0 Å². The quantitative estimate of drug-likeness (QED) is 0.438. The number of para-hydroxylation sites is 1. The fourth-order valence-electron chi connectivity index (χ4n) is 3.56. The number of ether oxygens (including phenoxy) is 2. The van der Waals surface area contributed by atoms with Gasteiger partial charge in [-0.2, -0.15) is 0 Å². The second-order valence-corrected chi connectivity index (χ2v) is 7.54. The van der Waals surface area contributed by atoms with Gasteiger partial charge in [-0.25, -0.2) is 0 Å². The zero-order valence-corrected chi connectivity index (χ0v) is 18.8. The lowest BCUT2D eigenvalue weighted by Crippen LogP contribution is -2.41. The summed E-state index contributed by atoms with van der Waals surface area (Å²) in [6.45, 7) is 3.91. The summed E-state index contributed by atoms with van der Waals surface area (Å²) in [5, 5.41) is 4.71. The molecule has 0 unspecified atom stereocenters. The lowest BCUT2D eigenvalue weighted by atomic mass is 10.1. The molecule has 9 nitrogen and oxygen atoms in total. The summed E-state index contributed by atoms with van der Waals surface area (Å²) < 4.78 is 18.2. The molecule has 2 aromatic heterocycles. The summed E-state index contributed by atoms with van der Waals surface area (Å²) in [6, 6.07) is 12.3. The minimum absolute atomic E-state index is 0.254. The standard InChI is InChI=1S/C24H24N4O5/c1-14-19(15(2)33-27-14)13-32-21-10-9-16(11-22(21)31-4)23(29)25-26-24(30)18-12-28(3)20-8-6-5-7-17(18)20/h5-12H,13H2,1-4H3,(H,25,29)(H,26,30). The number of hydrazine groups is 1. The molecule has 2 heterocycles. The van der Waals surface area contributed by atoms with Crippen LogP contribution in [0.25, 0.3) is 10.9 Å². The van der Waals surface area contributed by atoms with Gasteiger partial charge in [0.25, 0.3) is 11.8 Å². The first-order valence-electron chi connectivity index (χ1n) is 10.3. The topological polar surface area (TPSA) is 108 Å². The number of hydrogen-bond acceptors (Lipinski definition) is 6. The van der Waals surface area contributed by atoms with Crippen molar-refractivity contribution in [3.63, 3.8) is 0 Å². The monoisotopic (exact) mass is 448 g/mol. The number of amides is 2. The highest BCUT2D eigenvalue weighted by Gasteiger charge is 2.17. The summed E-state index contributed by atoms with van der Waals surface area (Å²) in [4.78, 5) is 25.3. The van der Waals surface area contributed by atoms with Crippen LogP contribution in [0, 0.1) is 13.8 Å². The summed E-state index contributed by atoms with van der Waals surface area (Å²) in [6.07, 6.45) is 1.72. The summed E-state index contributed by atoms with van der Waals surface area (Å²) >= 11 is 0. The maximum atomic E-state index is 12.6. The van der Waals surface area contributed by atoms with Gasteiger partial charge in [0, 0.05) is 29.7 Å². The van der Waals surface area contributed by atoms with Crippen LogP contribution in [-0.2, 0) is 13.7 Å². The van der Waals surface area contributed by atoms with Gasteiger partial charge in [0.15, 0.2) is 11.5 Å². The molecular formula is C24H24N4O5. The van der Waals surface area contributed by atoms with Crippen LogP contribution in [0.15, 0.2) is 53.2 Å². The number of nitrogens with zero attached hydrogens (tertiary/aromatic N) is 2. The molecule has 9 heteroatoms. The lowest BCUT2D eigenvalue weighted by molar-refractivity contribution is 0.0847. The van der Waals surface area contributed by atoms with Gasteiger partial charge in [-0.1, -0.05) is 23.4 Å². The number of carbonyl (C=O) groups is 2. The second-order valence-electron chi connectivity index (χ2n) is 7.54. The average Bonchev–Trinajstić information content (AvgIpc) is 3.34. The van der Waals surface area contributed by atoms with Crippen molar-refractivity contribution >= 4 is 22.7 Å². The van der Waals surface area contributed by atoms with E-state index in [1.165, 1.54) is 7.11 Å². The fraction of sp³-hybridized carbons (Fsp3) is 0.208. The number of rotatable bonds is 6. The third-order valence-corrected chi connectivity index (χ3v) is 5.41. The van der Waals surface area contributed by atoms with Gasteiger partial charge in [0.2, 0.25) is 0 Å². The molecule has 0 saturated heterocycles. The number of aromatic nitrogens is 2. The number of benzene rings is 2. The van der Waals surface area contributed by atoms with Crippen LogP contribution in [0.5, 0.6) is 11.5 Å². The Morgan fingerprint density at radius 2 is 1.82 bits per heavy atom. The number of fused-ring (bicyclic) bond motifs is 1. The Hall–Kier alpha value is -4.27. The highest BCUT2D eigenvalue weighted by Crippen LogP contribution is 2.29. The molecule has 170 valence electrons.